The van der Waals surface area contributed by atoms with Gasteiger partial charge < -0.3 is 9.73 Å². The van der Waals surface area contributed by atoms with E-state index in [4.69, 9.17) is 4.42 Å². The van der Waals surface area contributed by atoms with Gasteiger partial charge in [-0.25, -0.2) is 0 Å². The van der Waals surface area contributed by atoms with Gasteiger partial charge in [-0.3, -0.25) is 0 Å². The number of para-hydroxylation sites is 1. The SMILES string of the molecule is c1ccc(-c2cccc3c2oc2cccc(Nc4cccc5c4-c4ccccc4C5(c4ccccc4)c4ccccc4)c23)cc1. The van der Waals surface area contributed by atoms with Crippen molar-refractivity contribution >= 4 is 33.3 Å². The topological polar surface area (TPSA) is 25.2 Å². The van der Waals surface area contributed by atoms with Crippen LogP contribution in [-0.2, 0) is 5.41 Å². The van der Waals surface area contributed by atoms with E-state index < -0.39 is 5.41 Å². The Morgan fingerprint density at radius 2 is 1.02 bits per heavy atom. The van der Waals surface area contributed by atoms with Crippen molar-refractivity contribution in [2.75, 3.05) is 5.32 Å². The molecule has 1 heterocycles. The number of nitrogens with one attached hydrogen (secondary N) is 1. The van der Waals surface area contributed by atoms with Gasteiger partial charge in [0.25, 0.3) is 0 Å². The predicted octanol–water partition coefficient (Wildman–Crippen LogP) is 11.4. The van der Waals surface area contributed by atoms with E-state index in [0.717, 1.165) is 44.4 Å². The van der Waals surface area contributed by atoms with Crippen molar-refractivity contribution in [3.8, 4) is 22.3 Å². The summed E-state index contributed by atoms with van der Waals surface area (Å²) < 4.78 is 6.57. The van der Waals surface area contributed by atoms with E-state index in [9.17, 15) is 0 Å². The van der Waals surface area contributed by atoms with Crippen molar-refractivity contribution in [3.05, 3.63) is 192 Å². The number of anilines is 2. The summed E-state index contributed by atoms with van der Waals surface area (Å²) in [7, 11) is 0. The summed E-state index contributed by atoms with van der Waals surface area (Å²) in [6.07, 6.45) is 0. The highest BCUT2D eigenvalue weighted by atomic mass is 16.3. The van der Waals surface area contributed by atoms with E-state index >= 15 is 0 Å². The fraction of sp³-hybridized carbons (Fsp3) is 0.0233. The quantitative estimate of drug-likeness (QED) is 0.221. The van der Waals surface area contributed by atoms with Gasteiger partial charge >= 0.3 is 0 Å². The van der Waals surface area contributed by atoms with Crippen LogP contribution >= 0.6 is 0 Å². The molecule has 212 valence electrons. The Kier molecular flexibility index (Phi) is 5.76. The lowest BCUT2D eigenvalue weighted by molar-refractivity contribution is 0.670. The Labute approximate surface area is 262 Å². The first-order valence-corrected chi connectivity index (χ1v) is 15.4. The van der Waals surface area contributed by atoms with E-state index in [1.807, 2.05) is 6.07 Å². The molecule has 0 saturated heterocycles. The van der Waals surface area contributed by atoms with Gasteiger partial charge in [-0.05, 0) is 51.6 Å². The Morgan fingerprint density at radius 3 is 1.78 bits per heavy atom. The molecular formula is C43H29NO. The minimum absolute atomic E-state index is 0.439. The van der Waals surface area contributed by atoms with Crippen molar-refractivity contribution in [2.24, 2.45) is 0 Å². The summed E-state index contributed by atoms with van der Waals surface area (Å²) in [6, 6.07) is 60.6. The van der Waals surface area contributed by atoms with Crippen LogP contribution in [0.3, 0.4) is 0 Å². The Bertz CT molecular complexity index is 2300. The van der Waals surface area contributed by atoms with Crippen molar-refractivity contribution in [3.63, 3.8) is 0 Å². The van der Waals surface area contributed by atoms with Crippen LogP contribution in [0.4, 0.5) is 11.4 Å². The molecule has 0 aliphatic heterocycles. The van der Waals surface area contributed by atoms with Crippen LogP contribution in [0.1, 0.15) is 22.3 Å². The summed E-state index contributed by atoms with van der Waals surface area (Å²) in [4.78, 5) is 0. The lowest BCUT2D eigenvalue weighted by Gasteiger charge is -2.33. The second-order valence-electron chi connectivity index (χ2n) is 11.7. The summed E-state index contributed by atoms with van der Waals surface area (Å²) in [5, 5.41) is 6.10. The smallest absolute Gasteiger partial charge is 0.143 e. The molecule has 1 aromatic heterocycles. The zero-order valence-electron chi connectivity index (χ0n) is 24.6. The molecule has 0 bridgehead atoms. The summed E-state index contributed by atoms with van der Waals surface area (Å²) in [5.74, 6) is 0. The van der Waals surface area contributed by atoms with Gasteiger partial charge in [-0.2, -0.15) is 0 Å². The minimum atomic E-state index is -0.439. The maximum Gasteiger partial charge on any atom is 0.143 e. The third-order valence-electron chi connectivity index (χ3n) is 9.36. The highest BCUT2D eigenvalue weighted by Crippen LogP contribution is 2.58. The fourth-order valence-corrected chi connectivity index (χ4v) is 7.54. The maximum absolute atomic E-state index is 6.57. The van der Waals surface area contributed by atoms with E-state index in [1.54, 1.807) is 0 Å². The van der Waals surface area contributed by atoms with Crippen LogP contribution < -0.4 is 5.32 Å². The minimum Gasteiger partial charge on any atom is -0.455 e. The number of benzene rings is 7. The molecule has 9 rings (SSSR count). The second kappa shape index (κ2) is 10.1. The fourth-order valence-electron chi connectivity index (χ4n) is 7.54. The van der Waals surface area contributed by atoms with Crippen LogP contribution in [0.5, 0.6) is 0 Å². The Balaban J connectivity index is 1.28. The third-order valence-corrected chi connectivity index (χ3v) is 9.36. The normalized spacial score (nSPS) is 13.1. The molecule has 8 aromatic rings. The second-order valence-corrected chi connectivity index (χ2v) is 11.7. The first kappa shape index (κ1) is 25.6. The summed E-state index contributed by atoms with van der Waals surface area (Å²) >= 11 is 0. The molecule has 0 radical (unpaired) electrons. The number of fused-ring (bicyclic) bond motifs is 6. The molecule has 2 nitrogen and oxygen atoms in total. The molecular weight excluding hydrogens is 546 g/mol. The molecule has 0 spiro atoms. The van der Waals surface area contributed by atoms with E-state index in [1.165, 1.54) is 33.4 Å². The van der Waals surface area contributed by atoms with Gasteiger partial charge in [0.05, 0.1) is 16.5 Å². The Hall–Kier alpha value is -5.86. The largest absolute Gasteiger partial charge is 0.455 e. The average Bonchev–Trinajstić information content (AvgIpc) is 3.65. The van der Waals surface area contributed by atoms with Crippen molar-refractivity contribution in [2.45, 2.75) is 5.41 Å². The average molecular weight is 576 g/mol. The zero-order chi connectivity index (χ0) is 29.8. The van der Waals surface area contributed by atoms with Gasteiger partial charge in [0.1, 0.15) is 11.2 Å². The van der Waals surface area contributed by atoms with Crippen molar-refractivity contribution in [1.82, 2.24) is 0 Å². The number of hydrogen-bond donors (Lipinski definition) is 1. The highest BCUT2D eigenvalue weighted by molar-refractivity contribution is 6.15. The van der Waals surface area contributed by atoms with Crippen molar-refractivity contribution in [1.29, 1.82) is 0 Å². The monoisotopic (exact) mass is 575 g/mol. The van der Waals surface area contributed by atoms with Crippen molar-refractivity contribution < 1.29 is 4.42 Å². The molecule has 0 atom stereocenters. The standard InChI is InChI=1S/C43H29NO/c1-4-15-29(16-5-1)32-22-12-23-34-41-38(27-14-28-39(41)45-42(32)34)44-37-26-13-25-36-40(37)33-21-10-11-24-35(33)43(36,30-17-6-2-7-18-30)31-19-8-3-9-20-31/h1-28,44H. The summed E-state index contributed by atoms with van der Waals surface area (Å²) in [6.45, 7) is 0. The molecule has 0 amide bonds. The molecule has 7 aromatic carbocycles. The van der Waals surface area contributed by atoms with E-state index in [0.29, 0.717) is 0 Å². The Morgan fingerprint density at radius 1 is 0.444 bits per heavy atom. The number of furan rings is 1. The van der Waals surface area contributed by atoms with E-state index in [2.05, 4.69) is 169 Å². The predicted molar refractivity (Wildman–Crippen MR) is 186 cm³/mol. The molecule has 1 aliphatic carbocycles. The van der Waals surface area contributed by atoms with Crippen LogP contribution in [0, 0.1) is 0 Å². The summed E-state index contributed by atoms with van der Waals surface area (Å²) in [5.41, 5.74) is 13.3. The third kappa shape index (κ3) is 3.76. The van der Waals surface area contributed by atoms with Gasteiger partial charge in [-0.1, -0.05) is 152 Å². The molecule has 1 aliphatic rings. The van der Waals surface area contributed by atoms with E-state index in [-0.39, 0.29) is 0 Å². The maximum atomic E-state index is 6.57. The molecule has 45 heavy (non-hydrogen) atoms. The molecule has 1 N–H and O–H groups in total. The zero-order valence-corrected chi connectivity index (χ0v) is 24.6. The molecule has 0 saturated carbocycles. The lowest BCUT2D eigenvalue weighted by atomic mass is 9.68. The van der Waals surface area contributed by atoms with Crippen LogP contribution in [0.25, 0.3) is 44.2 Å². The molecule has 2 heteroatoms. The lowest BCUT2D eigenvalue weighted by Crippen LogP contribution is -2.28. The molecule has 0 fully saturated rings. The highest BCUT2D eigenvalue weighted by Gasteiger charge is 2.46. The van der Waals surface area contributed by atoms with Gasteiger partial charge in [0.2, 0.25) is 0 Å². The van der Waals surface area contributed by atoms with Gasteiger partial charge in [0, 0.05) is 22.2 Å². The van der Waals surface area contributed by atoms with Gasteiger partial charge in [0.15, 0.2) is 0 Å². The number of rotatable bonds is 5. The first-order chi connectivity index (χ1) is 22.3. The number of hydrogen-bond acceptors (Lipinski definition) is 2. The van der Waals surface area contributed by atoms with Gasteiger partial charge in [-0.15, -0.1) is 0 Å². The van der Waals surface area contributed by atoms with Crippen LogP contribution in [0.15, 0.2) is 174 Å². The first-order valence-electron chi connectivity index (χ1n) is 15.4. The van der Waals surface area contributed by atoms with Crippen LogP contribution in [0.2, 0.25) is 0 Å². The molecule has 0 unspecified atom stereocenters. The van der Waals surface area contributed by atoms with Crippen LogP contribution in [-0.4, -0.2) is 0 Å².